The lowest BCUT2D eigenvalue weighted by atomic mass is 10.3. The van der Waals surface area contributed by atoms with Gasteiger partial charge in [-0.25, -0.2) is 0 Å². The number of carbonyl (C=O) groups excluding carboxylic acids is 1. The van der Waals surface area contributed by atoms with Crippen LogP contribution in [0.3, 0.4) is 0 Å². The van der Waals surface area contributed by atoms with Crippen molar-refractivity contribution >= 4 is 23.4 Å². The molecule has 106 valence electrons. The summed E-state index contributed by atoms with van der Waals surface area (Å²) in [5, 5.41) is 2.53. The summed E-state index contributed by atoms with van der Waals surface area (Å²) >= 11 is 0.390. The second-order valence-electron chi connectivity index (χ2n) is 3.47. The monoisotopic (exact) mass is 291 g/mol. The van der Waals surface area contributed by atoms with Gasteiger partial charge in [-0.15, -0.1) is 0 Å². The van der Waals surface area contributed by atoms with Gasteiger partial charge in [-0.3, -0.25) is 4.79 Å². The Hall–Kier alpha value is -1.18. The molecule has 0 aliphatic rings. The van der Waals surface area contributed by atoms with Crippen molar-refractivity contribution in [2.75, 3.05) is 32.2 Å². The van der Waals surface area contributed by atoms with Crippen molar-refractivity contribution in [3.05, 3.63) is 24.3 Å². The van der Waals surface area contributed by atoms with Gasteiger partial charge in [0.05, 0.1) is 18.9 Å². The topological polar surface area (TPSA) is 47.6 Å². The molecular weight excluding hydrogens is 276 g/mol. The lowest BCUT2D eigenvalue weighted by molar-refractivity contribution is -0.121. The quantitative estimate of drug-likeness (QED) is 0.591. The van der Waals surface area contributed by atoms with Crippen LogP contribution in [0.4, 0.5) is 14.5 Å². The first kappa shape index (κ1) is 15.9. The number of ether oxygens (including phenoxy) is 2. The molecule has 0 radical (unpaired) electrons. The number of methoxy groups -OCH3 is 1. The molecule has 1 N–H and O–H groups in total. The van der Waals surface area contributed by atoms with Gasteiger partial charge in [0, 0.05) is 12.0 Å². The Bertz CT molecular complexity index is 404. The minimum Gasteiger partial charge on any atom is -0.382 e. The molecule has 1 amide bonds. The van der Waals surface area contributed by atoms with Gasteiger partial charge >= 0.3 is 0 Å². The Labute approximate surface area is 114 Å². The molecule has 19 heavy (non-hydrogen) atoms. The van der Waals surface area contributed by atoms with Crippen molar-refractivity contribution in [3.8, 4) is 0 Å². The van der Waals surface area contributed by atoms with Crippen LogP contribution in [-0.2, 0) is 14.3 Å². The van der Waals surface area contributed by atoms with E-state index < -0.39 is 11.7 Å². The second kappa shape index (κ2) is 8.84. The van der Waals surface area contributed by atoms with Crippen LogP contribution in [0.2, 0.25) is 0 Å². The summed E-state index contributed by atoms with van der Waals surface area (Å²) in [4.78, 5) is 11.9. The van der Waals surface area contributed by atoms with Gasteiger partial charge in [-0.1, -0.05) is 23.9 Å². The predicted octanol–water partition coefficient (Wildman–Crippen LogP) is 2.60. The lowest BCUT2D eigenvalue weighted by Gasteiger charge is -2.10. The Morgan fingerprint density at radius 1 is 1.37 bits per heavy atom. The highest BCUT2D eigenvalue weighted by Gasteiger charge is 2.11. The third-order valence-corrected chi connectivity index (χ3v) is 2.83. The molecule has 0 fully saturated rings. The van der Waals surface area contributed by atoms with Crippen molar-refractivity contribution in [1.29, 1.82) is 0 Å². The van der Waals surface area contributed by atoms with E-state index in [0.717, 1.165) is 0 Å². The predicted molar refractivity (Wildman–Crippen MR) is 69.6 cm³/mol. The van der Waals surface area contributed by atoms with E-state index in [0.29, 0.717) is 35.6 Å². The zero-order chi connectivity index (χ0) is 14.1. The smallest absolute Gasteiger partial charge is 0.288 e. The van der Waals surface area contributed by atoms with Crippen LogP contribution in [0.5, 0.6) is 0 Å². The van der Waals surface area contributed by atoms with Gasteiger partial charge in [0.1, 0.15) is 6.61 Å². The van der Waals surface area contributed by atoms with Gasteiger partial charge in [0.2, 0.25) is 5.91 Å². The first-order valence-electron chi connectivity index (χ1n) is 5.54. The molecule has 0 aromatic heterocycles. The number of hydrogen-bond donors (Lipinski definition) is 1. The number of carbonyl (C=O) groups is 1. The van der Waals surface area contributed by atoms with Crippen molar-refractivity contribution < 1.29 is 23.0 Å². The summed E-state index contributed by atoms with van der Waals surface area (Å²) in [5.41, 5.74) is 0.355. The Morgan fingerprint density at radius 3 is 2.79 bits per heavy atom. The number of benzene rings is 1. The molecule has 4 nitrogen and oxygen atoms in total. The Kier molecular flexibility index (Phi) is 7.39. The lowest BCUT2D eigenvalue weighted by Crippen LogP contribution is -2.20. The summed E-state index contributed by atoms with van der Waals surface area (Å²) in [6.07, 6.45) is 0. The maximum Gasteiger partial charge on any atom is 0.288 e. The van der Waals surface area contributed by atoms with Crippen LogP contribution < -0.4 is 5.32 Å². The molecule has 0 aliphatic carbocycles. The fourth-order valence-electron chi connectivity index (χ4n) is 1.26. The van der Waals surface area contributed by atoms with Crippen molar-refractivity contribution in [2.45, 2.75) is 10.7 Å². The third kappa shape index (κ3) is 6.51. The first-order chi connectivity index (χ1) is 9.13. The number of para-hydroxylation sites is 1. The van der Waals surface area contributed by atoms with Crippen LogP contribution >= 0.6 is 11.8 Å². The number of halogens is 2. The van der Waals surface area contributed by atoms with Crippen LogP contribution in [-0.4, -0.2) is 38.6 Å². The van der Waals surface area contributed by atoms with Gasteiger partial charge in [0.25, 0.3) is 5.76 Å². The SMILES string of the molecule is COCCOCC(=O)Nc1ccccc1SC(F)F. The molecule has 1 aromatic carbocycles. The molecular formula is C12H15F2NO3S. The molecule has 0 unspecified atom stereocenters. The van der Waals surface area contributed by atoms with E-state index in [1.54, 1.807) is 18.2 Å². The van der Waals surface area contributed by atoms with Crippen molar-refractivity contribution in [3.63, 3.8) is 0 Å². The van der Waals surface area contributed by atoms with Gasteiger partial charge in [-0.05, 0) is 12.1 Å². The Balaban J connectivity index is 2.49. The number of anilines is 1. The van der Waals surface area contributed by atoms with Crippen molar-refractivity contribution in [2.24, 2.45) is 0 Å². The van der Waals surface area contributed by atoms with Gasteiger partial charge < -0.3 is 14.8 Å². The van der Waals surface area contributed by atoms with Crippen LogP contribution in [0, 0.1) is 0 Å². The van der Waals surface area contributed by atoms with Crippen molar-refractivity contribution in [1.82, 2.24) is 0 Å². The van der Waals surface area contributed by atoms with E-state index in [1.807, 2.05) is 0 Å². The van der Waals surface area contributed by atoms with E-state index >= 15 is 0 Å². The van der Waals surface area contributed by atoms with E-state index in [-0.39, 0.29) is 6.61 Å². The molecule has 7 heteroatoms. The molecule has 1 rings (SSSR count). The molecule has 0 aliphatic heterocycles. The maximum absolute atomic E-state index is 12.3. The van der Waals surface area contributed by atoms with Crippen LogP contribution in [0.15, 0.2) is 29.2 Å². The highest BCUT2D eigenvalue weighted by Crippen LogP contribution is 2.31. The van der Waals surface area contributed by atoms with E-state index in [4.69, 9.17) is 9.47 Å². The maximum atomic E-state index is 12.3. The highest BCUT2D eigenvalue weighted by atomic mass is 32.2. The number of thioether (sulfide) groups is 1. The molecule has 0 spiro atoms. The fraction of sp³-hybridized carbons (Fsp3) is 0.417. The summed E-state index contributed by atoms with van der Waals surface area (Å²) in [6, 6.07) is 6.39. The Morgan fingerprint density at radius 2 is 2.11 bits per heavy atom. The molecule has 0 bridgehead atoms. The number of amides is 1. The van der Waals surface area contributed by atoms with Crippen LogP contribution in [0.1, 0.15) is 0 Å². The average Bonchev–Trinajstić information content (AvgIpc) is 2.36. The second-order valence-corrected chi connectivity index (χ2v) is 4.50. The molecule has 1 aromatic rings. The van der Waals surface area contributed by atoms with Crippen LogP contribution in [0.25, 0.3) is 0 Å². The molecule has 0 saturated heterocycles. The number of alkyl halides is 2. The van der Waals surface area contributed by atoms with E-state index in [9.17, 15) is 13.6 Å². The molecule has 0 saturated carbocycles. The summed E-state index contributed by atoms with van der Waals surface area (Å²) in [5.74, 6) is -2.92. The first-order valence-corrected chi connectivity index (χ1v) is 6.42. The molecule has 0 atom stereocenters. The van der Waals surface area contributed by atoms with Gasteiger partial charge in [0.15, 0.2) is 0 Å². The largest absolute Gasteiger partial charge is 0.382 e. The zero-order valence-corrected chi connectivity index (χ0v) is 11.2. The normalized spacial score (nSPS) is 10.7. The minimum atomic E-state index is -2.53. The average molecular weight is 291 g/mol. The third-order valence-electron chi connectivity index (χ3n) is 2.04. The number of nitrogens with one attached hydrogen (secondary N) is 1. The minimum absolute atomic E-state index is 0.142. The van der Waals surface area contributed by atoms with E-state index in [1.165, 1.54) is 13.2 Å². The van der Waals surface area contributed by atoms with Gasteiger partial charge in [-0.2, -0.15) is 8.78 Å². The summed E-state index contributed by atoms with van der Waals surface area (Å²) in [7, 11) is 1.53. The summed E-state index contributed by atoms with van der Waals surface area (Å²) in [6.45, 7) is 0.555. The fourth-order valence-corrected chi connectivity index (χ4v) is 1.86. The highest BCUT2D eigenvalue weighted by molar-refractivity contribution is 7.99. The summed E-state index contributed by atoms with van der Waals surface area (Å²) < 4.78 is 34.5. The molecule has 0 heterocycles. The number of hydrogen-bond acceptors (Lipinski definition) is 4. The zero-order valence-electron chi connectivity index (χ0n) is 10.4. The number of rotatable bonds is 8. The van der Waals surface area contributed by atoms with E-state index in [2.05, 4.69) is 5.32 Å². The standard InChI is InChI=1S/C12H15F2NO3S/c1-17-6-7-18-8-11(16)15-9-4-2-3-5-10(9)19-12(13)14/h2-5,12H,6-8H2,1H3,(H,15,16).